The number of nitrogens with zero attached hydrogens (tertiary/aromatic N) is 2. The van der Waals surface area contributed by atoms with Crippen molar-refractivity contribution in [1.82, 2.24) is 4.98 Å². The summed E-state index contributed by atoms with van der Waals surface area (Å²) in [5.41, 5.74) is 1.47. The molecule has 3 heterocycles. The Kier molecular flexibility index (Phi) is 5.22. The van der Waals surface area contributed by atoms with Crippen molar-refractivity contribution >= 4 is 34.0 Å². The van der Waals surface area contributed by atoms with Crippen molar-refractivity contribution in [2.45, 2.75) is 6.42 Å². The minimum absolute atomic E-state index is 0.0711. The molecule has 1 atom stereocenters. The van der Waals surface area contributed by atoms with Gasteiger partial charge in [-0.1, -0.05) is 0 Å². The van der Waals surface area contributed by atoms with Crippen LogP contribution < -0.4 is 19.7 Å². The molecule has 1 aromatic heterocycles. The second kappa shape index (κ2) is 8.19. The molecule has 0 aliphatic carbocycles. The van der Waals surface area contributed by atoms with Gasteiger partial charge in [-0.3, -0.25) is 9.59 Å². The number of aromatic nitrogens is 1. The van der Waals surface area contributed by atoms with Gasteiger partial charge in [0.05, 0.1) is 11.6 Å². The molecule has 1 N–H and O–H groups in total. The molecule has 0 bridgehead atoms. The Bertz CT molecular complexity index is 1220. The van der Waals surface area contributed by atoms with Crippen LogP contribution in [0.4, 0.5) is 19.6 Å². The van der Waals surface area contributed by atoms with Gasteiger partial charge in [0.15, 0.2) is 28.3 Å². The summed E-state index contributed by atoms with van der Waals surface area (Å²) in [7, 11) is 0. The molecule has 2 aliphatic heterocycles. The summed E-state index contributed by atoms with van der Waals surface area (Å²) in [6.07, 6.45) is 0.0711. The highest BCUT2D eigenvalue weighted by Crippen LogP contribution is 2.36. The van der Waals surface area contributed by atoms with Gasteiger partial charge in [0.2, 0.25) is 11.8 Å². The molecule has 2 amide bonds. The minimum Gasteiger partial charge on any atom is -0.486 e. The first kappa shape index (κ1) is 20.4. The molecule has 32 heavy (non-hydrogen) atoms. The van der Waals surface area contributed by atoms with Crippen LogP contribution in [0.2, 0.25) is 0 Å². The molecular weight excluding hydrogens is 440 g/mol. The molecule has 0 saturated carbocycles. The van der Waals surface area contributed by atoms with Gasteiger partial charge in [0, 0.05) is 35.7 Å². The maximum atomic E-state index is 13.5. The summed E-state index contributed by atoms with van der Waals surface area (Å²) in [5.74, 6) is -1.75. The normalized spacial score (nSPS) is 17.5. The van der Waals surface area contributed by atoms with Crippen molar-refractivity contribution in [2.75, 3.05) is 30.0 Å². The smallest absolute Gasteiger partial charge is 0.231 e. The second-order valence-electron chi connectivity index (χ2n) is 7.39. The molecule has 1 fully saturated rings. The van der Waals surface area contributed by atoms with Gasteiger partial charge in [-0.2, -0.15) is 0 Å². The van der Waals surface area contributed by atoms with Crippen molar-refractivity contribution in [2.24, 2.45) is 5.92 Å². The fourth-order valence-corrected chi connectivity index (χ4v) is 4.38. The Labute approximate surface area is 185 Å². The summed E-state index contributed by atoms with van der Waals surface area (Å²) < 4.78 is 37.7. The SMILES string of the molecule is O=C(Nc1nc(-c2ccc(F)c(F)c2)cs1)C1CC(=O)N(c2ccc3c(c2)OCCO3)C1. The van der Waals surface area contributed by atoms with E-state index in [1.807, 2.05) is 0 Å². The van der Waals surface area contributed by atoms with Crippen LogP contribution >= 0.6 is 11.3 Å². The van der Waals surface area contributed by atoms with Crippen LogP contribution in [0.3, 0.4) is 0 Å². The fraction of sp³-hybridized carbons (Fsp3) is 0.227. The summed E-state index contributed by atoms with van der Waals surface area (Å²) in [6, 6.07) is 8.75. The molecule has 164 valence electrons. The quantitative estimate of drug-likeness (QED) is 0.644. The number of carbonyl (C=O) groups is 2. The number of benzene rings is 2. The third kappa shape index (κ3) is 3.89. The van der Waals surface area contributed by atoms with E-state index in [1.165, 1.54) is 17.4 Å². The highest BCUT2D eigenvalue weighted by Gasteiger charge is 2.36. The van der Waals surface area contributed by atoms with E-state index >= 15 is 0 Å². The summed E-state index contributed by atoms with van der Waals surface area (Å²) in [6.45, 7) is 1.15. The zero-order valence-corrected chi connectivity index (χ0v) is 17.5. The number of halogens is 2. The van der Waals surface area contributed by atoms with Gasteiger partial charge >= 0.3 is 0 Å². The maximum Gasteiger partial charge on any atom is 0.231 e. The van der Waals surface area contributed by atoms with E-state index in [-0.39, 0.29) is 24.8 Å². The van der Waals surface area contributed by atoms with Crippen molar-refractivity contribution in [1.29, 1.82) is 0 Å². The molecule has 0 spiro atoms. The molecule has 5 rings (SSSR count). The molecular formula is C22H17F2N3O4S. The highest BCUT2D eigenvalue weighted by atomic mass is 32.1. The predicted octanol–water partition coefficient (Wildman–Crippen LogP) is 3.85. The van der Waals surface area contributed by atoms with Gasteiger partial charge in [-0.15, -0.1) is 11.3 Å². The summed E-state index contributed by atoms with van der Waals surface area (Å²) in [4.78, 5) is 31.1. The molecule has 1 unspecified atom stereocenters. The van der Waals surface area contributed by atoms with E-state index in [2.05, 4.69) is 10.3 Å². The largest absolute Gasteiger partial charge is 0.486 e. The summed E-state index contributed by atoms with van der Waals surface area (Å²) in [5, 5.41) is 4.68. The topological polar surface area (TPSA) is 80.8 Å². The number of carbonyl (C=O) groups excluding carboxylic acids is 2. The number of thiazole rings is 1. The second-order valence-corrected chi connectivity index (χ2v) is 8.25. The lowest BCUT2D eigenvalue weighted by atomic mass is 10.1. The van der Waals surface area contributed by atoms with Crippen LogP contribution in [0.15, 0.2) is 41.8 Å². The maximum absolute atomic E-state index is 13.5. The van der Waals surface area contributed by atoms with Gasteiger partial charge in [0.1, 0.15) is 13.2 Å². The van der Waals surface area contributed by atoms with Crippen molar-refractivity contribution < 1.29 is 27.8 Å². The molecule has 2 aromatic carbocycles. The number of amides is 2. The summed E-state index contributed by atoms with van der Waals surface area (Å²) >= 11 is 1.17. The lowest BCUT2D eigenvalue weighted by Gasteiger charge is -2.22. The third-order valence-electron chi connectivity index (χ3n) is 5.28. The predicted molar refractivity (Wildman–Crippen MR) is 114 cm³/mol. The number of anilines is 2. The Hall–Kier alpha value is -3.53. The zero-order valence-electron chi connectivity index (χ0n) is 16.6. The Morgan fingerprint density at radius 1 is 1.09 bits per heavy atom. The lowest BCUT2D eigenvalue weighted by Crippen LogP contribution is -2.28. The Morgan fingerprint density at radius 2 is 1.91 bits per heavy atom. The number of rotatable bonds is 4. The first-order chi connectivity index (χ1) is 15.5. The Morgan fingerprint density at radius 3 is 2.72 bits per heavy atom. The van der Waals surface area contributed by atoms with Crippen LogP contribution in [0.1, 0.15) is 6.42 Å². The van der Waals surface area contributed by atoms with E-state index < -0.39 is 17.6 Å². The van der Waals surface area contributed by atoms with E-state index in [0.29, 0.717) is 46.8 Å². The fourth-order valence-electron chi connectivity index (χ4n) is 3.66. The van der Waals surface area contributed by atoms with Crippen LogP contribution in [-0.2, 0) is 9.59 Å². The van der Waals surface area contributed by atoms with E-state index in [4.69, 9.17) is 9.47 Å². The van der Waals surface area contributed by atoms with Gasteiger partial charge in [-0.25, -0.2) is 13.8 Å². The molecule has 2 aliphatic rings. The number of hydrogen-bond donors (Lipinski definition) is 1. The van der Waals surface area contributed by atoms with E-state index in [1.54, 1.807) is 28.5 Å². The molecule has 1 saturated heterocycles. The highest BCUT2D eigenvalue weighted by molar-refractivity contribution is 7.14. The minimum atomic E-state index is -0.968. The number of nitrogens with one attached hydrogen (secondary N) is 1. The third-order valence-corrected chi connectivity index (χ3v) is 6.04. The number of hydrogen-bond acceptors (Lipinski definition) is 6. The molecule has 3 aromatic rings. The molecule has 0 radical (unpaired) electrons. The molecule has 7 nitrogen and oxygen atoms in total. The van der Waals surface area contributed by atoms with Gasteiger partial charge in [-0.05, 0) is 30.3 Å². The monoisotopic (exact) mass is 457 g/mol. The standard InChI is InChI=1S/C22H17F2N3O4S/c23-15-3-1-12(7-16(15)24)17-11-32-22(25-17)26-21(29)13-8-20(28)27(10-13)14-2-4-18-19(9-14)31-6-5-30-18/h1-4,7,9,11,13H,5-6,8,10H2,(H,25,26,29). The van der Waals surface area contributed by atoms with Gasteiger partial charge < -0.3 is 19.7 Å². The van der Waals surface area contributed by atoms with Crippen molar-refractivity contribution in [3.63, 3.8) is 0 Å². The first-order valence-electron chi connectivity index (χ1n) is 9.90. The van der Waals surface area contributed by atoms with Crippen LogP contribution in [0.5, 0.6) is 11.5 Å². The van der Waals surface area contributed by atoms with Crippen LogP contribution in [0.25, 0.3) is 11.3 Å². The van der Waals surface area contributed by atoms with Crippen LogP contribution in [0, 0.1) is 17.6 Å². The Balaban J connectivity index is 1.26. The zero-order chi connectivity index (χ0) is 22.2. The lowest BCUT2D eigenvalue weighted by molar-refractivity contribution is -0.122. The first-order valence-corrected chi connectivity index (χ1v) is 10.8. The number of fused-ring (bicyclic) bond motifs is 1. The average molecular weight is 457 g/mol. The van der Waals surface area contributed by atoms with E-state index in [0.717, 1.165) is 12.1 Å². The van der Waals surface area contributed by atoms with E-state index in [9.17, 15) is 18.4 Å². The van der Waals surface area contributed by atoms with Crippen molar-refractivity contribution in [3.05, 3.63) is 53.4 Å². The number of ether oxygens (including phenoxy) is 2. The van der Waals surface area contributed by atoms with Crippen LogP contribution in [-0.4, -0.2) is 36.6 Å². The van der Waals surface area contributed by atoms with Gasteiger partial charge in [0.25, 0.3) is 0 Å². The average Bonchev–Trinajstić information content (AvgIpc) is 3.42. The molecule has 10 heteroatoms. The van der Waals surface area contributed by atoms with Crippen molar-refractivity contribution in [3.8, 4) is 22.8 Å².